The number of H-pyrrole nitrogens is 1. The Morgan fingerprint density at radius 2 is 2.19 bits per heavy atom. The van der Waals surface area contributed by atoms with E-state index < -0.39 is 16.0 Å². The first-order valence-corrected chi connectivity index (χ1v) is 7.79. The molecule has 0 fully saturated rings. The van der Waals surface area contributed by atoms with Crippen LogP contribution in [0.1, 0.15) is 22.8 Å². The normalized spacial score (nSPS) is 11.3. The van der Waals surface area contributed by atoms with E-state index in [4.69, 9.17) is 16.7 Å². The average Bonchev–Trinajstić information content (AvgIpc) is 2.85. The Kier molecular flexibility index (Phi) is 4.19. The van der Waals surface area contributed by atoms with Crippen molar-refractivity contribution in [3.63, 3.8) is 0 Å². The van der Waals surface area contributed by atoms with Gasteiger partial charge in [0.25, 0.3) is 10.0 Å². The predicted octanol–water partition coefficient (Wildman–Crippen LogP) is 2.12. The van der Waals surface area contributed by atoms with E-state index in [0.717, 1.165) is 6.07 Å². The summed E-state index contributed by atoms with van der Waals surface area (Å²) in [5.41, 5.74) is 0.518. The van der Waals surface area contributed by atoms with Gasteiger partial charge in [-0.05, 0) is 24.6 Å². The standard InChI is InChI=1S/C12H12ClN3O4S/c1-2-7-6-14-15-11(7)16-21(19,20)10-5-8(12(17)18)3-4-9(10)13/h3-6H,2H2,1H3,(H,17,18)(H2,14,15,16). The van der Waals surface area contributed by atoms with Gasteiger partial charge < -0.3 is 5.11 Å². The highest BCUT2D eigenvalue weighted by Gasteiger charge is 2.21. The van der Waals surface area contributed by atoms with Gasteiger partial charge in [-0.3, -0.25) is 9.82 Å². The van der Waals surface area contributed by atoms with Gasteiger partial charge in [-0.2, -0.15) is 5.10 Å². The van der Waals surface area contributed by atoms with Crippen molar-refractivity contribution < 1.29 is 18.3 Å². The number of aromatic nitrogens is 2. The Hall–Kier alpha value is -2.06. The number of nitrogens with one attached hydrogen (secondary N) is 2. The Labute approximate surface area is 126 Å². The summed E-state index contributed by atoms with van der Waals surface area (Å²) in [5.74, 6) is -1.01. The van der Waals surface area contributed by atoms with Gasteiger partial charge in [-0.25, -0.2) is 13.2 Å². The number of carboxylic acid groups (broad SMARTS) is 1. The monoisotopic (exact) mass is 329 g/mol. The smallest absolute Gasteiger partial charge is 0.335 e. The molecule has 1 aromatic heterocycles. The van der Waals surface area contributed by atoms with Crippen LogP contribution in [0.5, 0.6) is 0 Å². The lowest BCUT2D eigenvalue weighted by molar-refractivity contribution is 0.0696. The zero-order chi connectivity index (χ0) is 15.6. The van der Waals surface area contributed by atoms with Crippen LogP contribution in [0.3, 0.4) is 0 Å². The fraction of sp³-hybridized carbons (Fsp3) is 0.167. The summed E-state index contributed by atoms with van der Waals surface area (Å²) in [5, 5.41) is 15.2. The molecule has 0 amide bonds. The van der Waals surface area contributed by atoms with Gasteiger partial charge in [0.1, 0.15) is 10.7 Å². The molecular formula is C12H12ClN3O4S. The van der Waals surface area contributed by atoms with E-state index in [-0.39, 0.29) is 21.3 Å². The van der Waals surface area contributed by atoms with E-state index in [0.29, 0.717) is 12.0 Å². The van der Waals surface area contributed by atoms with Crippen LogP contribution in [0.15, 0.2) is 29.3 Å². The second kappa shape index (κ2) is 5.74. The molecule has 0 radical (unpaired) electrons. The van der Waals surface area contributed by atoms with Crippen LogP contribution in [-0.2, 0) is 16.4 Å². The second-order valence-electron chi connectivity index (χ2n) is 4.18. The number of aromatic carboxylic acids is 1. The summed E-state index contributed by atoms with van der Waals surface area (Å²) >= 11 is 5.86. The molecule has 112 valence electrons. The Morgan fingerprint density at radius 1 is 1.48 bits per heavy atom. The maximum Gasteiger partial charge on any atom is 0.335 e. The zero-order valence-electron chi connectivity index (χ0n) is 10.9. The lowest BCUT2D eigenvalue weighted by Gasteiger charge is -2.09. The minimum Gasteiger partial charge on any atom is -0.478 e. The zero-order valence-corrected chi connectivity index (χ0v) is 12.5. The molecule has 1 aromatic carbocycles. The number of halogens is 1. The summed E-state index contributed by atoms with van der Waals surface area (Å²) in [6.45, 7) is 1.85. The molecule has 9 heteroatoms. The third-order valence-electron chi connectivity index (χ3n) is 2.80. The van der Waals surface area contributed by atoms with Crippen LogP contribution in [0.2, 0.25) is 5.02 Å². The summed E-state index contributed by atoms with van der Waals surface area (Å²) in [7, 11) is -4.02. The first kappa shape index (κ1) is 15.3. The quantitative estimate of drug-likeness (QED) is 0.777. The maximum absolute atomic E-state index is 12.3. The molecule has 7 nitrogen and oxygen atoms in total. The van der Waals surface area contributed by atoms with Gasteiger partial charge in [0.15, 0.2) is 0 Å². The first-order chi connectivity index (χ1) is 9.85. The SMILES string of the molecule is CCc1cn[nH]c1NS(=O)(=O)c1cc(C(=O)O)ccc1Cl. The topological polar surface area (TPSA) is 112 Å². The van der Waals surface area contributed by atoms with Crippen molar-refractivity contribution >= 4 is 33.4 Å². The number of hydrogen-bond acceptors (Lipinski definition) is 4. The fourth-order valence-corrected chi connectivity index (χ4v) is 3.28. The molecule has 0 saturated carbocycles. The van der Waals surface area contributed by atoms with Crippen molar-refractivity contribution in [1.82, 2.24) is 10.2 Å². The van der Waals surface area contributed by atoms with Crippen molar-refractivity contribution in [2.24, 2.45) is 0 Å². The van der Waals surface area contributed by atoms with Crippen LogP contribution >= 0.6 is 11.6 Å². The van der Waals surface area contributed by atoms with Gasteiger partial charge in [0.2, 0.25) is 0 Å². The highest BCUT2D eigenvalue weighted by molar-refractivity contribution is 7.92. The number of aryl methyl sites for hydroxylation is 1. The maximum atomic E-state index is 12.3. The van der Waals surface area contributed by atoms with E-state index in [9.17, 15) is 13.2 Å². The van der Waals surface area contributed by atoms with Crippen molar-refractivity contribution in [2.45, 2.75) is 18.2 Å². The van der Waals surface area contributed by atoms with Crippen LogP contribution in [0.4, 0.5) is 5.82 Å². The van der Waals surface area contributed by atoms with Crippen LogP contribution in [0.25, 0.3) is 0 Å². The first-order valence-electron chi connectivity index (χ1n) is 5.93. The summed E-state index contributed by atoms with van der Waals surface area (Å²) < 4.78 is 27.0. The number of carboxylic acids is 1. The Morgan fingerprint density at radius 3 is 2.81 bits per heavy atom. The molecule has 1 heterocycles. The molecular weight excluding hydrogens is 318 g/mol. The van der Waals surface area contributed by atoms with Crippen LogP contribution in [-0.4, -0.2) is 29.7 Å². The lowest BCUT2D eigenvalue weighted by Crippen LogP contribution is -2.15. The summed E-state index contributed by atoms with van der Waals surface area (Å²) in [6, 6.07) is 3.47. The highest BCUT2D eigenvalue weighted by atomic mass is 35.5. The molecule has 2 rings (SSSR count). The molecule has 0 aliphatic carbocycles. The minimum absolute atomic E-state index is 0.0648. The largest absolute Gasteiger partial charge is 0.478 e. The number of rotatable bonds is 5. The van der Waals surface area contributed by atoms with Crippen LogP contribution < -0.4 is 4.72 Å². The van der Waals surface area contributed by atoms with Crippen LogP contribution in [0, 0.1) is 0 Å². The molecule has 0 spiro atoms. The number of benzene rings is 1. The van der Waals surface area contributed by atoms with E-state index in [1.165, 1.54) is 18.3 Å². The van der Waals surface area contributed by atoms with Gasteiger partial charge in [0.05, 0.1) is 16.8 Å². The Bertz CT molecular complexity index is 786. The van der Waals surface area contributed by atoms with Gasteiger partial charge >= 0.3 is 5.97 Å². The second-order valence-corrected chi connectivity index (χ2v) is 6.24. The van der Waals surface area contributed by atoms with Gasteiger partial charge in [0, 0.05) is 5.56 Å². The molecule has 0 unspecified atom stereocenters. The molecule has 0 saturated heterocycles. The third kappa shape index (κ3) is 3.17. The Balaban J connectivity index is 2.44. The number of nitrogens with zero attached hydrogens (tertiary/aromatic N) is 1. The number of carbonyl (C=O) groups is 1. The molecule has 0 atom stereocenters. The number of hydrogen-bond donors (Lipinski definition) is 3. The van der Waals surface area contributed by atoms with E-state index in [2.05, 4.69) is 14.9 Å². The molecule has 0 aliphatic heterocycles. The van der Waals surface area contributed by atoms with Gasteiger partial charge in [-0.1, -0.05) is 18.5 Å². The number of aromatic amines is 1. The summed E-state index contributed by atoms with van der Waals surface area (Å²) in [6.07, 6.45) is 2.09. The number of anilines is 1. The van der Waals surface area contributed by atoms with Crippen molar-refractivity contribution in [1.29, 1.82) is 0 Å². The van der Waals surface area contributed by atoms with E-state index >= 15 is 0 Å². The minimum atomic E-state index is -4.02. The molecule has 3 N–H and O–H groups in total. The lowest BCUT2D eigenvalue weighted by atomic mass is 10.2. The molecule has 0 aliphatic rings. The molecule has 0 bridgehead atoms. The van der Waals surface area contributed by atoms with Crippen molar-refractivity contribution in [3.8, 4) is 0 Å². The third-order valence-corrected chi connectivity index (χ3v) is 4.63. The fourth-order valence-electron chi connectivity index (χ4n) is 1.70. The van der Waals surface area contributed by atoms with E-state index in [1.807, 2.05) is 6.92 Å². The van der Waals surface area contributed by atoms with Crippen molar-refractivity contribution in [3.05, 3.63) is 40.5 Å². The molecule has 2 aromatic rings. The highest BCUT2D eigenvalue weighted by Crippen LogP contribution is 2.25. The van der Waals surface area contributed by atoms with Crippen molar-refractivity contribution in [2.75, 3.05) is 4.72 Å². The summed E-state index contributed by atoms with van der Waals surface area (Å²) in [4.78, 5) is 10.6. The van der Waals surface area contributed by atoms with E-state index in [1.54, 1.807) is 0 Å². The van der Waals surface area contributed by atoms with Gasteiger partial charge in [-0.15, -0.1) is 0 Å². The molecule has 21 heavy (non-hydrogen) atoms. The average molecular weight is 330 g/mol. The number of sulfonamides is 1. The predicted molar refractivity (Wildman–Crippen MR) is 77.2 cm³/mol.